The number of anilines is 1. The summed E-state index contributed by atoms with van der Waals surface area (Å²) in [6.07, 6.45) is 3.98. The molecular weight excluding hydrogens is 392 g/mol. The van der Waals surface area contributed by atoms with Crippen LogP contribution in [0.4, 0.5) is 5.13 Å². The van der Waals surface area contributed by atoms with Crippen molar-refractivity contribution in [1.82, 2.24) is 14.5 Å². The number of hydrogen-bond acceptors (Lipinski definition) is 6. The van der Waals surface area contributed by atoms with Gasteiger partial charge in [-0.25, -0.2) is 12.7 Å². The van der Waals surface area contributed by atoms with E-state index in [-0.39, 0.29) is 11.3 Å². The van der Waals surface area contributed by atoms with Crippen LogP contribution in [0.15, 0.2) is 24.3 Å². The first-order valence-electron chi connectivity index (χ1n) is 8.83. The Kier molecular flexibility index (Phi) is 5.18. The van der Waals surface area contributed by atoms with Crippen molar-refractivity contribution in [2.75, 3.05) is 18.4 Å². The number of sulfonamides is 1. The standard InChI is InChI=1S/C17H21ClN4O2S2/c18-13-3-1-12(2-4-13)11-16-20-21-17(25-16)19-14-7-9-22(10-8-14)26(23,24)15-5-6-15/h1-4,14-15H,5-11H2,(H,19,21). The second kappa shape index (κ2) is 7.42. The molecule has 1 saturated carbocycles. The summed E-state index contributed by atoms with van der Waals surface area (Å²) in [5.41, 5.74) is 1.15. The van der Waals surface area contributed by atoms with Crippen molar-refractivity contribution in [1.29, 1.82) is 0 Å². The van der Waals surface area contributed by atoms with Crippen LogP contribution in [-0.2, 0) is 16.4 Å². The van der Waals surface area contributed by atoms with Crippen molar-refractivity contribution >= 4 is 38.1 Å². The Morgan fingerprint density at radius 2 is 1.81 bits per heavy atom. The maximum atomic E-state index is 12.3. The minimum Gasteiger partial charge on any atom is -0.357 e. The summed E-state index contributed by atoms with van der Waals surface area (Å²) >= 11 is 7.46. The second-order valence-electron chi connectivity index (χ2n) is 6.87. The van der Waals surface area contributed by atoms with Gasteiger partial charge in [-0.3, -0.25) is 0 Å². The van der Waals surface area contributed by atoms with Crippen LogP contribution in [0.2, 0.25) is 5.02 Å². The molecule has 0 unspecified atom stereocenters. The molecule has 9 heteroatoms. The zero-order valence-electron chi connectivity index (χ0n) is 14.3. The van der Waals surface area contributed by atoms with E-state index in [4.69, 9.17) is 11.6 Å². The average Bonchev–Trinajstić information content (AvgIpc) is 3.41. The smallest absolute Gasteiger partial charge is 0.216 e. The summed E-state index contributed by atoms with van der Waals surface area (Å²) in [4.78, 5) is 0. The number of piperidine rings is 1. The van der Waals surface area contributed by atoms with Crippen molar-refractivity contribution in [3.05, 3.63) is 39.9 Å². The topological polar surface area (TPSA) is 75.2 Å². The van der Waals surface area contributed by atoms with Gasteiger partial charge in [-0.2, -0.15) is 0 Å². The molecule has 2 aromatic rings. The minimum atomic E-state index is -3.05. The monoisotopic (exact) mass is 412 g/mol. The quantitative estimate of drug-likeness (QED) is 0.788. The highest BCUT2D eigenvalue weighted by Crippen LogP contribution is 2.32. The van der Waals surface area contributed by atoms with Crippen LogP contribution >= 0.6 is 22.9 Å². The Labute approximate surface area is 162 Å². The van der Waals surface area contributed by atoms with E-state index >= 15 is 0 Å². The number of nitrogens with zero attached hydrogens (tertiary/aromatic N) is 3. The van der Waals surface area contributed by atoms with Crippen LogP contribution in [0.25, 0.3) is 0 Å². The van der Waals surface area contributed by atoms with Crippen LogP contribution in [0.5, 0.6) is 0 Å². The molecule has 2 heterocycles. The molecule has 1 N–H and O–H groups in total. The van der Waals surface area contributed by atoms with Gasteiger partial charge in [0.15, 0.2) is 0 Å². The summed E-state index contributed by atoms with van der Waals surface area (Å²) in [5.74, 6) is 0. The molecule has 0 spiro atoms. The molecule has 1 aliphatic carbocycles. The van der Waals surface area contributed by atoms with Gasteiger partial charge in [0, 0.05) is 30.6 Å². The first-order valence-corrected chi connectivity index (χ1v) is 11.5. The van der Waals surface area contributed by atoms with Gasteiger partial charge in [0.05, 0.1) is 5.25 Å². The largest absolute Gasteiger partial charge is 0.357 e. The Hall–Kier alpha value is -1.22. The number of halogens is 1. The molecule has 0 atom stereocenters. The Morgan fingerprint density at radius 3 is 2.46 bits per heavy atom. The number of nitrogens with one attached hydrogen (secondary N) is 1. The lowest BCUT2D eigenvalue weighted by Gasteiger charge is -2.31. The van der Waals surface area contributed by atoms with E-state index in [9.17, 15) is 8.42 Å². The molecule has 1 aromatic carbocycles. The average molecular weight is 413 g/mol. The maximum Gasteiger partial charge on any atom is 0.216 e. The van der Waals surface area contributed by atoms with Gasteiger partial charge in [0.25, 0.3) is 0 Å². The highest BCUT2D eigenvalue weighted by Gasteiger charge is 2.41. The van der Waals surface area contributed by atoms with Crippen molar-refractivity contribution in [2.45, 2.75) is 43.4 Å². The van der Waals surface area contributed by atoms with Crippen molar-refractivity contribution in [3.8, 4) is 0 Å². The molecular formula is C17H21ClN4O2S2. The lowest BCUT2D eigenvalue weighted by molar-refractivity contribution is 0.329. The number of aromatic nitrogens is 2. The molecule has 2 aliphatic rings. The molecule has 1 aliphatic heterocycles. The minimum absolute atomic E-state index is 0.120. The molecule has 26 heavy (non-hydrogen) atoms. The highest BCUT2D eigenvalue weighted by atomic mass is 35.5. The summed E-state index contributed by atoms with van der Waals surface area (Å²) < 4.78 is 26.2. The molecule has 4 rings (SSSR count). The van der Waals surface area contributed by atoms with E-state index in [1.54, 1.807) is 15.6 Å². The third-order valence-electron chi connectivity index (χ3n) is 4.82. The molecule has 2 fully saturated rings. The summed E-state index contributed by atoms with van der Waals surface area (Å²) in [6.45, 7) is 1.18. The predicted octanol–water partition coefficient (Wildman–Crippen LogP) is 3.15. The first kappa shape index (κ1) is 18.2. The van der Waals surface area contributed by atoms with E-state index in [1.165, 1.54) is 0 Å². The lowest BCUT2D eigenvalue weighted by Crippen LogP contribution is -2.43. The Balaban J connectivity index is 1.30. The Morgan fingerprint density at radius 1 is 1.12 bits per heavy atom. The maximum absolute atomic E-state index is 12.3. The third-order valence-corrected chi connectivity index (χ3v) is 8.33. The molecule has 1 saturated heterocycles. The normalized spacial score (nSPS) is 19.6. The fourth-order valence-corrected chi connectivity index (χ4v) is 6.02. The fraction of sp³-hybridized carbons (Fsp3) is 0.529. The van der Waals surface area contributed by atoms with Crippen LogP contribution in [0.1, 0.15) is 36.3 Å². The van der Waals surface area contributed by atoms with E-state index < -0.39 is 10.0 Å². The SMILES string of the molecule is O=S(=O)(C1CC1)N1CCC(Nc2nnc(Cc3ccc(Cl)cc3)s2)CC1. The summed E-state index contributed by atoms with van der Waals surface area (Å²) in [7, 11) is -3.05. The van der Waals surface area contributed by atoms with Crippen LogP contribution < -0.4 is 5.32 Å². The summed E-state index contributed by atoms with van der Waals surface area (Å²) in [5, 5.41) is 14.3. The molecule has 140 valence electrons. The first-order chi connectivity index (χ1) is 12.5. The zero-order chi connectivity index (χ0) is 18.1. The van der Waals surface area contributed by atoms with E-state index in [0.29, 0.717) is 13.1 Å². The van der Waals surface area contributed by atoms with Gasteiger partial charge in [0.2, 0.25) is 15.2 Å². The fourth-order valence-electron chi connectivity index (χ4n) is 3.17. The summed E-state index contributed by atoms with van der Waals surface area (Å²) in [6, 6.07) is 7.98. The van der Waals surface area contributed by atoms with Gasteiger partial charge >= 0.3 is 0 Å². The van der Waals surface area contributed by atoms with Gasteiger partial charge in [-0.1, -0.05) is 35.1 Å². The van der Waals surface area contributed by atoms with Crippen LogP contribution in [-0.4, -0.2) is 47.3 Å². The van der Waals surface area contributed by atoms with Crippen molar-refractivity contribution in [3.63, 3.8) is 0 Å². The van der Waals surface area contributed by atoms with Crippen molar-refractivity contribution < 1.29 is 8.42 Å². The van der Waals surface area contributed by atoms with E-state index in [2.05, 4.69) is 15.5 Å². The van der Waals surface area contributed by atoms with E-state index in [0.717, 1.165) is 52.8 Å². The molecule has 1 aromatic heterocycles. The van der Waals surface area contributed by atoms with E-state index in [1.807, 2.05) is 24.3 Å². The third kappa shape index (κ3) is 4.19. The lowest BCUT2D eigenvalue weighted by atomic mass is 10.1. The highest BCUT2D eigenvalue weighted by molar-refractivity contribution is 7.90. The van der Waals surface area contributed by atoms with Gasteiger partial charge in [-0.05, 0) is 43.4 Å². The number of hydrogen-bond donors (Lipinski definition) is 1. The van der Waals surface area contributed by atoms with Gasteiger partial charge < -0.3 is 5.32 Å². The van der Waals surface area contributed by atoms with Gasteiger partial charge in [-0.15, -0.1) is 10.2 Å². The second-order valence-corrected chi connectivity index (χ2v) is 10.6. The zero-order valence-corrected chi connectivity index (χ0v) is 16.7. The molecule has 0 bridgehead atoms. The number of rotatable bonds is 6. The molecule has 6 nitrogen and oxygen atoms in total. The molecule has 0 radical (unpaired) electrons. The van der Waals surface area contributed by atoms with Gasteiger partial charge in [0.1, 0.15) is 5.01 Å². The molecule has 0 amide bonds. The predicted molar refractivity (Wildman–Crippen MR) is 104 cm³/mol. The number of benzene rings is 1. The Bertz CT molecular complexity index is 857. The van der Waals surface area contributed by atoms with Crippen LogP contribution in [0, 0.1) is 0 Å². The van der Waals surface area contributed by atoms with Crippen molar-refractivity contribution in [2.24, 2.45) is 0 Å². The van der Waals surface area contributed by atoms with Crippen LogP contribution in [0.3, 0.4) is 0 Å².